The monoisotopic (exact) mass is 267 g/mol. The van der Waals surface area contributed by atoms with Crippen LogP contribution in [-0.2, 0) is 0 Å². The van der Waals surface area contributed by atoms with Crippen LogP contribution in [0, 0.1) is 0 Å². The summed E-state index contributed by atoms with van der Waals surface area (Å²) in [7, 11) is 0. The van der Waals surface area contributed by atoms with Gasteiger partial charge in [-0.25, -0.2) is 9.78 Å². The molecule has 1 N–H and O–H groups in total. The van der Waals surface area contributed by atoms with E-state index in [-0.39, 0.29) is 5.69 Å². The minimum Gasteiger partial charge on any atom is -0.476 e. The SMILES string of the molecule is CCSc1cc2cc(Cl)ccc2nc1C(=O)O. The maximum Gasteiger partial charge on any atom is 0.355 e. The summed E-state index contributed by atoms with van der Waals surface area (Å²) in [5.41, 5.74) is 0.749. The van der Waals surface area contributed by atoms with Gasteiger partial charge in [0, 0.05) is 15.3 Å². The Morgan fingerprint density at radius 1 is 1.47 bits per heavy atom. The third-order valence-corrected chi connectivity index (χ3v) is 3.39. The molecule has 0 radical (unpaired) electrons. The zero-order valence-corrected chi connectivity index (χ0v) is 10.7. The van der Waals surface area contributed by atoms with E-state index in [1.54, 1.807) is 18.2 Å². The molecule has 1 aromatic heterocycles. The number of rotatable bonds is 3. The number of hydrogen-bond acceptors (Lipinski definition) is 3. The summed E-state index contributed by atoms with van der Waals surface area (Å²) in [6.07, 6.45) is 0. The average molecular weight is 268 g/mol. The molecule has 0 saturated carbocycles. The van der Waals surface area contributed by atoms with Gasteiger partial charge < -0.3 is 5.11 Å². The highest BCUT2D eigenvalue weighted by Gasteiger charge is 2.13. The molecule has 0 atom stereocenters. The Labute approximate surface area is 108 Å². The zero-order chi connectivity index (χ0) is 12.4. The first kappa shape index (κ1) is 12.2. The van der Waals surface area contributed by atoms with Crippen molar-refractivity contribution in [2.24, 2.45) is 0 Å². The maximum atomic E-state index is 11.1. The lowest BCUT2D eigenvalue weighted by Gasteiger charge is -2.06. The largest absolute Gasteiger partial charge is 0.476 e. The fourth-order valence-electron chi connectivity index (χ4n) is 1.55. The molecule has 1 heterocycles. The van der Waals surface area contributed by atoms with Crippen LogP contribution >= 0.6 is 23.4 Å². The van der Waals surface area contributed by atoms with Gasteiger partial charge in [0.15, 0.2) is 5.69 Å². The zero-order valence-electron chi connectivity index (χ0n) is 9.11. The molecule has 3 nitrogen and oxygen atoms in total. The predicted molar refractivity (Wildman–Crippen MR) is 70.1 cm³/mol. The van der Waals surface area contributed by atoms with Crippen molar-refractivity contribution in [3.63, 3.8) is 0 Å². The van der Waals surface area contributed by atoms with Gasteiger partial charge in [-0.2, -0.15) is 0 Å². The molecular weight excluding hydrogens is 258 g/mol. The Hall–Kier alpha value is -1.26. The number of halogens is 1. The molecule has 0 saturated heterocycles. The predicted octanol–water partition coefficient (Wildman–Crippen LogP) is 3.70. The van der Waals surface area contributed by atoms with Gasteiger partial charge >= 0.3 is 5.97 Å². The first-order valence-electron chi connectivity index (χ1n) is 5.08. The fourth-order valence-corrected chi connectivity index (χ4v) is 2.52. The molecule has 88 valence electrons. The maximum absolute atomic E-state index is 11.1. The fraction of sp³-hybridized carbons (Fsp3) is 0.167. The van der Waals surface area contributed by atoms with Crippen LogP contribution in [0.4, 0.5) is 0 Å². The van der Waals surface area contributed by atoms with Gasteiger partial charge in [0.2, 0.25) is 0 Å². The van der Waals surface area contributed by atoms with Gasteiger partial charge in [0.25, 0.3) is 0 Å². The van der Waals surface area contributed by atoms with Crippen LogP contribution in [0.3, 0.4) is 0 Å². The van der Waals surface area contributed by atoms with Crippen molar-refractivity contribution in [1.29, 1.82) is 0 Å². The normalized spacial score (nSPS) is 10.7. The van der Waals surface area contributed by atoms with Crippen LogP contribution in [0.2, 0.25) is 5.02 Å². The molecule has 0 amide bonds. The first-order valence-corrected chi connectivity index (χ1v) is 6.44. The molecule has 0 bridgehead atoms. The Balaban J connectivity index is 2.67. The number of nitrogens with zero attached hydrogens (tertiary/aromatic N) is 1. The summed E-state index contributed by atoms with van der Waals surface area (Å²) in [5.74, 6) is -0.202. The standard InChI is InChI=1S/C12H10ClNO2S/c1-2-17-10-6-7-5-8(13)3-4-9(7)14-11(10)12(15)16/h3-6H,2H2,1H3,(H,15,16). The van der Waals surface area contributed by atoms with E-state index in [0.29, 0.717) is 15.4 Å². The van der Waals surface area contributed by atoms with E-state index < -0.39 is 5.97 Å². The van der Waals surface area contributed by atoms with Crippen LogP contribution in [-0.4, -0.2) is 21.8 Å². The minimum atomic E-state index is -1.00. The average Bonchev–Trinajstić information content (AvgIpc) is 2.28. The molecule has 0 aliphatic carbocycles. The quantitative estimate of drug-likeness (QED) is 0.862. The van der Waals surface area contributed by atoms with Crippen molar-refractivity contribution in [2.45, 2.75) is 11.8 Å². The van der Waals surface area contributed by atoms with Gasteiger partial charge in [-0.1, -0.05) is 18.5 Å². The van der Waals surface area contributed by atoms with E-state index in [1.807, 2.05) is 13.0 Å². The number of thioether (sulfide) groups is 1. The Kier molecular flexibility index (Phi) is 3.54. The minimum absolute atomic E-state index is 0.103. The van der Waals surface area contributed by atoms with Crippen LogP contribution in [0.1, 0.15) is 17.4 Å². The second-order valence-electron chi connectivity index (χ2n) is 3.41. The highest BCUT2D eigenvalue weighted by molar-refractivity contribution is 7.99. The van der Waals surface area contributed by atoms with Crippen molar-refractivity contribution in [3.05, 3.63) is 35.0 Å². The number of carboxylic acids is 1. The molecule has 2 rings (SSSR count). The highest BCUT2D eigenvalue weighted by atomic mass is 35.5. The van der Waals surface area contributed by atoms with Gasteiger partial charge in [-0.3, -0.25) is 0 Å². The van der Waals surface area contributed by atoms with Crippen molar-refractivity contribution in [3.8, 4) is 0 Å². The third kappa shape index (κ3) is 2.53. The van der Waals surface area contributed by atoms with E-state index in [4.69, 9.17) is 16.7 Å². The lowest BCUT2D eigenvalue weighted by atomic mass is 10.2. The number of hydrogen-bond donors (Lipinski definition) is 1. The van der Waals surface area contributed by atoms with Crippen molar-refractivity contribution in [1.82, 2.24) is 4.98 Å². The van der Waals surface area contributed by atoms with E-state index in [1.165, 1.54) is 11.8 Å². The lowest BCUT2D eigenvalue weighted by Crippen LogP contribution is -2.03. The number of benzene rings is 1. The molecule has 0 unspecified atom stereocenters. The van der Waals surface area contributed by atoms with Crippen molar-refractivity contribution < 1.29 is 9.90 Å². The summed E-state index contributed by atoms with van der Waals surface area (Å²) in [6, 6.07) is 7.04. The molecule has 17 heavy (non-hydrogen) atoms. The summed E-state index contributed by atoms with van der Waals surface area (Å²) in [5, 5.41) is 10.6. The molecule has 2 aromatic rings. The number of carboxylic acid groups (broad SMARTS) is 1. The number of aromatic carboxylic acids is 1. The molecule has 0 aliphatic rings. The number of carbonyl (C=O) groups is 1. The second-order valence-corrected chi connectivity index (χ2v) is 5.15. The van der Waals surface area contributed by atoms with Crippen molar-refractivity contribution >= 4 is 40.2 Å². The van der Waals surface area contributed by atoms with Crippen LogP contribution in [0.15, 0.2) is 29.2 Å². The number of pyridine rings is 1. The number of fused-ring (bicyclic) bond motifs is 1. The third-order valence-electron chi connectivity index (χ3n) is 2.24. The molecule has 0 aliphatic heterocycles. The van der Waals surface area contributed by atoms with Crippen LogP contribution in [0.5, 0.6) is 0 Å². The van der Waals surface area contributed by atoms with Gasteiger partial charge in [-0.15, -0.1) is 11.8 Å². The molecule has 1 aromatic carbocycles. The summed E-state index contributed by atoms with van der Waals surface area (Å²) < 4.78 is 0. The first-order chi connectivity index (χ1) is 8.11. The number of aromatic nitrogens is 1. The second kappa shape index (κ2) is 4.94. The van der Waals surface area contributed by atoms with E-state index in [0.717, 1.165) is 11.1 Å². The van der Waals surface area contributed by atoms with Gasteiger partial charge in [0.05, 0.1) is 5.52 Å². The lowest BCUT2D eigenvalue weighted by molar-refractivity contribution is 0.0687. The van der Waals surface area contributed by atoms with Crippen LogP contribution in [0.25, 0.3) is 10.9 Å². The molecule has 5 heteroatoms. The summed E-state index contributed by atoms with van der Waals surface area (Å²) in [4.78, 5) is 15.9. The van der Waals surface area contributed by atoms with Gasteiger partial charge in [0.1, 0.15) is 0 Å². The topological polar surface area (TPSA) is 50.2 Å². The summed E-state index contributed by atoms with van der Waals surface area (Å²) in [6.45, 7) is 1.97. The van der Waals surface area contributed by atoms with E-state index in [9.17, 15) is 4.79 Å². The van der Waals surface area contributed by atoms with Crippen molar-refractivity contribution in [2.75, 3.05) is 5.75 Å². The molecule has 0 fully saturated rings. The smallest absolute Gasteiger partial charge is 0.355 e. The Morgan fingerprint density at radius 3 is 2.88 bits per heavy atom. The molecular formula is C12H10ClNO2S. The Bertz CT molecular complexity index is 586. The van der Waals surface area contributed by atoms with E-state index in [2.05, 4.69) is 4.98 Å². The van der Waals surface area contributed by atoms with Crippen LogP contribution < -0.4 is 0 Å². The highest BCUT2D eigenvalue weighted by Crippen LogP contribution is 2.27. The van der Waals surface area contributed by atoms with Gasteiger partial charge in [-0.05, 0) is 30.0 Å². The molecule has 0 spiro atoms. The summed E-state index contributed by atoms with van der Waals surface area (Å²) >= 11 is 7.36. The van der Waals surface area contributed by atoms with E-state index >= 15 is 0 Å². The Morgan fingerprint density at radius 2 is 2.24 bits per heavy atom.